The fourth-order valence-corrected chi connectivity index (χ4v) is 2.23. The van der Waals surface area contributed by atoms with Gasteiger partial charge in [-0.05, 0) is 37.8 Å². The molecule has 2 aromatic carbocycles. The molecule has 0 aliphatic rings. The number of ether oxygens (including phenoxy) is 1. The zero-order valence-electron chi connectivity index (χ0n) is 11.8. The van der Waals surface area contributed by atoms with Crippen molar-refractivity contribution < 1.29 is 9.53 Å². The Bertz CT molecular complexity index is 585. The predicted octanol–water partition coefficient (Wildman–Crippen LogP) is 4.61. The number of benzene rings is 2. The minimum Gasteiger partial charge on any atom is -0.490 e. The first-order chi connectivity index (χ1) is 9.13. The maximum absolute atomic E-state index is 12.2. The molecule has 0 bridgehead atoms. The molecule has 0 N–H and O–H groups in total. The van der Waals surface area contributed by atoms with Gasteiger partial charge >= 0.3 is 0 Å². The highest BCUT2D eigenvalue weighted by atomic mass is 16.5. The summed E-state index contributed by atoms with van der Waals surface area (Å²) in [6.45, 7) is 6.03. The van der Waals surface area contributed by atoms with E-state index < -0.39 is 0 Å². The Kier molecular flexibility index (Phi) is 4.20. The molecule has 0 amide bonds. The summed E-state index contributed by atoms with van der Waals surface area (Å²) in [5, 5.41) is 2.00. The van der Waals surface area contributed by atoms with E-state index in [-0.39, 0.29) is 11.9 Å². The highest BCUT2D eigenvalue weighted by Gasteiger charge is 2.12. The number of Topliss-reactive ketones (excluding diaryl/α,β-unsaturated/α-hetero) is 1. The van der Waals surface area contributed by atoms with Gasteiger partial charge in [0, 0.05) is 17.4 Å². The van der Waals surface area contributed by atoms with E-state index >= 15 is 0 Å². The Balaban J connectivity index is 2.55. The van der Waals surface area contributed by atoms with E-state index in [1.54, 1.807) is 0 Å². The van der Waals surface area contributed by atoms with Crippen molar-refractivity contribution in [1.29, 1.82) is 0 Å². The van der Waals surface area contributed by atoms with E-state index in [0.717, 1.165) is 28.5 Å². The molecule has 0 aliphatic heterocycles. The molecule has 19 heavy (non-hydrogen) atoms. The van der Waals surface area contributed by atoms with Crippen LogP contribution in [0.2, 0.25) is 0 Å². The van der Waals surface area contributed by atoms with E-state index in [1.165, 1.54) is 0 Å². The Hall–Kier alpha value is -1.83. The summed E-state index contributed by atoms with van der Waals surface area (Å²) >= 11 is 0. The van der Waals surface area contributed by atoms with Gasteiger partial charge in [0.2, 0.25) is 0 Å². The molecule has 2 heteroatoms. The van der Waals surface area contributed by atoms with Crippen LogP contribution in [0.5, 0.6) is 5.75 Å². The molecular formula is C17H20O2. The van der Waals surface area contributed by atoms with Crippen LogP contribution in [0.4, 0.5) is 0 Å². The average Bonchev–Trinajstić information content (AvgIpc) is 2.38. The lowest BCUT2D eigenvalue weighted by Gasteiger charge is -2.14. The first-order valence-electron chi connectivity index (χ1n) is 6.85. The first kappa shape index (κ1) is 13.6. The Morgan fingerprint density at radius 3 is 2.42 bits per heavy atom. The average molecular weight is 256 g/mol. The monoisotopic (exact) mass is 256 g/mol. The molecule has 0 fully saturated rings. The van der Waals surface area contributed by atoms with Crippen LogP contribution in [0.3, 0.4) is 0 Å². The van der Waals surface area contributed by atoms with Crippen molar-refractivity contribution in [3.63, 3.8) is 0 Å². The summed E-state index contributed by atoms with van der Waals surface area (Å²) in [6, 6.07) is 11.7. The number of hydrogen-bond donors (Lipinski definition) is 0. The van der Waals surface area contributed by atoms with Gasteiger partial charge in [-0.2, -0.15) is 0 Å². The van der Waals surface area contributed by atoms with E-state index in [1.807, 2.05) is 57.2 Å². The van der Waals surface area contributed by atoms with Crippen LogP contribution in [0.15, 0.2) is 36.4 Å². The predicted molar refractivity (Wildman–Crippen MR) is 79.0 cm³/mol. The molecule has 2 nitrogen and oxygen atoms in total. The lowest BCUT2D eigenvalue weighted by atomic mass is 9.98. The van der Waals surface area contributed by atoms with Crippen molar-refractivity contribution in [2.75, 3.05) is 0 Å². The molecule has 0 heterocycles. The molecule has 0 saturated carbocycles. The summed E-state index contributed by atoms with van der Waals surface area (Å²) in [6.07, 6.45) is 1.59. The third kappa shape index (κ3) is 2.95. The van der Waals surface area contributed by atoms with Crippen molar-refractivity contribution in [2.45, 2.75) is 39.7 Å². The third-order valence-corrected chi connectivity index (χ3v) is 3.02. The number of hydrogen-bond acceptors (Lipinski definition) is 2. The standard InChI is InChI=1S/C17H20O2/c1-4-7-16(18)14-10-11-17(19-12(2)3)15-9-6-5-8-13(14)15/h5-6,8-12H,4,7H2,1-3H3. The summed E-state index contributed by atoms with van der Waals surface area (Å²) in [5.74, 6) is 1.05. The Morgan fingerprint density at radius 1 is 1.11 bits per heavy atom. The fourth-order valence-electron chi connectivity index (χ4n) is 2.23. The van der Waals surface area contributed by atoms with Crippen molar-refractivity contribution in [3.8, 4) is 5.75 Å². The number of ketones is 1. The number of fused-ring (bicyclic) bond motifs is 1. The maximum atomic E-state index is 12.2. The lowest BCUT2D eigenvalue weighted by Crippen LogP contribution is -2.07. The molecule has 0 spiro atoms. The van der Waals surface area contributed by atoms with E-state index in [4.69, 9.17) is 4.74 Å². The minimum absolute atomic E-state index is 0.126. The van der Waals surface area contributed by atoms with E-state index in [9.17, 15) is 4.79 Å². The fraction of sp³-hybridized carbons (Fsp3) is 0.353. The highest BCUT2D eigenvalue weighted by molar-refractivity contribution is 6.09. The second-order valence-electron chi connectivity index (χ2n) is 5.00. The molecular weight excluding hydrogens is 236 g/mol. The van der Waals surface area contributed by atoms with Crippen LogP contribution in [0.25, 0.3) is 10.8 Å². The van der Waals surface area contributed by atoms with Gasteiger partial charge in [0.15, 0.2) is 5.78 Å². The topological polar surface area (TPSA) is 26.3 Å². The van der Waals surface area contributed by atoms with Crippen molar-refractivity contribution >= 4 is 16.6 Å². The van der Waals surface area contributed by atoms with Gasteiger partial charge in [0.25, 0.3) is 0 Å². The number of carbonyl (C=O) groups is 1. The van der Waals surface area contributed by atoms with Crippen LogP contribution in [-0.2, 0) is 0 Å². The molecule has 2 aromatic rings. The van der Waals surface area contributed by atoms with Gasteiger partial charge in [-0.1, -0.05) is 31.2 Å². The van der Waals surface area contributed by atoms with Crippen LogP contribution in [0, 0.1) is 0 Å². The van der Waals surface area contributed by atoms with Gasteiger partial charge in [-0.25, -0.2) is 0 Å². The van der Waals surface area contributed by atoms with Gasteiger partial charge in [-0.15, -0.1) is 0 Å². The van der Waals surface area contributed by atoms with Crippen LogP contribution in [0.1, 0.15) is 44.0 Å². The zero-order chi connectivity index (χ0) is 13.8. The second kappa shape index (κ2) is 5.87. The molecule has 0 unspecified atom stereocenters. The number of rotatable bonds is 5. The second-order valence-corrected chi connectivity index (χ2v) is 5.00. The van der Waals surface area contributed by atoms with Gasteiger partial charge in [0.05, 0.1) is 6.10 Å². The van der Waals surface area contributed by atoms with E-state index in [2.05, 4.69) is 0 Å². The van der Waals surface area contributed by atoms with Crippen molar-refractivity contribution in [2.24, 2.45) is 0 Å². The van der Waals surface area contributed by atoms with Crippen LogP contribution >= 0.6 is 0 Å². The largest absolute Gasteiger partial charge is 0.490 e. The van der Waals surface area contributed by atoms with Crippen molar-refractivity contribution in [3.05, 3.63) is 42.0 Å². The zero-order valence-corrected chi connectivity index (χ0v) is 11.8. The Morgan fingerprint density at radius 2 is 1.79 bits per heavy atom. The molecule has 0 saturated heterocycles. The normalized spacial score (nSPS) is 10.9. The summed E-state index contributed by atoms with van der Waals surface area (Å²) in [7, 11) is 0. The van der Waals surface area contributed by atoms with Crippen molar-refractivity contribution in [1.82, 2.24) is 0 Å². The third-order valence-electron chi connectivity index (χ3n) is 3.02. The molecule has 0 atom stereocenters. The van der Waals surface area contributed by atoms with Gasteiger partial charge < -0.3 is 4.74 Å². The minimum atomic E-state index is 0.126. The van der Waals surface area contributed by atoms with Crippen LogP contribution < -0.4 is 4.74 Å². The van der Waals surface area contributed by atoms with Gasteiger partial charge in [0.1, 0.15) is 5.75 Å². The first-order valence-corrected chi connectivity index (χ1v) is 6.85. The highest BCUT2D eigenvalue weighted by Crippen LogP contribution is 2.30. The molecule has 2 rings (SSSR count). The molecule has 0 radical (unpaired) electrons. The molecule has 0 aromatic heterocycles. The molecule has 100 valence electrons. The van der Waals surface area contributed by atoms with Crippen LogP contribution in [-0.4, -0.2) is 11.9 Å². The maximum Gasteiger partial charge on any atom is 0.163 e. The van der Waals surface area contributed by atoms with E-state index in [0.29, 0.717) is 6.42 Å². The SMILES string of the molecule is CCCC(=O)c1ccc(OC(C)C)c2ccccc12. The Labute approximate surface area is 114 Å². The molecule has 0 aliphatic carbocycles. The smallest absolute Gasteiger partial charge is 0.163 e. The summed E-state index contributed by atoms with van der Waals surface area (Å²) in [5.41, 5.74) is 0.800. The summed E-state index contributed by atoms with van der Waals surface area (Å²) < 4.78 is 5.81. The number of carbonyl (C=O) groups excluding carboxylic acids is 1. The summed E-state index contributed by atoms with van der Waals surface area (Å²) in [4.78, 5) is 12.2. The lowest BCUT2D eigenvalue weighted by molar-refractivity contribution is 0.0983. The quantitative estimate of drug-likeness (QED) is 0.730. The van der Waals surface area contributed by atoms with Gasteiger partial charge in [-0.3, -0.25) is 4.79 Å².